The molecule has 0 radical (unpaired) electrons. The molecule has 2 aliphatic carbocycles. The molecule has 0 bridgehead atoms. The molecule has 0 N–H and O–H groups in total. The van der Waals surface area contributed by atoms with Crippen LogP contribution in [-0.4, -0.2) is 19.3 Å². The molecule has 0 atom stereocenters. The number of hydrogen-bond donors (Lipinski definition) is 0. The Morgan fingerprint density at radius 2 is 1.36 bits per heavy atom. The molecule has 0 aromatic heterocycles. The quantitative estimate of drug-likeness (QED) is 0.263. The maximum atomic E-state index is 15.1. The van der Waals surface area contributed by atoms with Crippen molar-refractivity contribution in [2.24, 2.45) is 23.7 Å². The van der Waals surface area contributed by atoms with Gasteiger partial charge < -0.3 is 14.2 Å². The Kier molecular flexibility index (Phi) is 8.48. The largest absolute Gasteiger partial charge is 0.432 e. The van der Waals surface area contributed by atoms with Crippen LogP contribution in [0, 0.1) is 46.9 Å². The van der Waals surface area contributed by atoms with Gasteiger partial charge in [-0.1, -0.05) is 31.9 Å². The van der Waals surface area contributed by atoms with Gasteiger partial charge in [0.15, 0.2) is 23.7 Å². The van der Waals surface area contributed by atoms with Crippen LogP contribution in [-0.2, 0) is 9.47 Å². The van der Waals surface area contributed by atoms with Crippen molar-refractivity contribution in [1.29, 1.82) is 0 Å². The lowest BCUT2D eigenvalue weighted by Gasteiger charge is -2.37. The van der Waals surface area contributed by atoms with E-state index in [-0.39, 0.29) is 18.8 Å². The Bertz CT molecular complexity index is 1110. The van der Waals surface area contributed by atoms with Crippen molar-refractivity contribution in [1.82, 2.24) is 0 Å². The van der Waals surface area contributed by atoms with Crippen LogP contribution >= 0.6 is 0 Å². The average Bonchev–Trinajstić information content (AvgIpc) is 2.92. The summed E-state index contributed by atoms with van der Waals surface area (Å²) in [6.45, 7) is 3.46. The van der Waals surface area contributed by atoms with Crippen LogP contribution < -0.4 is 4.74 Å². The number of hydrogen-bond acceptors (Lipinski definition) is 3. The second-order valence-corrected chi connectivity index (χ2v) is 11.5. The summed E-state index contributed by atoms with van der Waals surface area (Å²) in [5.74, 6) is -5.91. The fourth-order valence-electron chi connectivity index (χ4n) is 6.33. The van der Waals surface area contributed by atoms with E-state index in [2.05, 4.69) is 11.7 Å². The van der Waals surface area contributed by atoms with Gasteiger partial charge in [-0.15, -0.1) is 0 Å². The summed E-state index contributed by atoms with van der Waals surface area (Å²) >= 11 is 0. The number of halogens is 6. The second-order valence-electron chi connectivity index (χ2n) is 11.5. The van der Waals surface area contributed by atoms with E-state index in [0.717, 1.165) is 5.92 Å². The van der Waals surface area contributed by atoms with E-state index < -0.39 is 47.3 Å². The van der Waals surface area contributed by atoms with E-state index in [1.165, 1.54) is 31.7 Å². The predicted molar refractivity (Wildman–Crippen MR) is 132 cm³/mol. The summed E-state index contributed by atoms with van der Waals surface area (Å²) in [4.78, 5) is 0. The molecule has 1 heterocycles. The highest BCUT2D eigenvalue weighted by Gasteiger charge is 2.44. The van der Waals surface area contributed by atoms with Crippen molar-refractivity contribution in [2.45, 2.75) is 76.6 Å². The summed E-state index contributed by atoms with van der Waals surface area (Å²) in [7, 11) is 0. The zero-order chi connectivity index (χ0) is 27.7. The van der Waals surface area contributed by atoms with Crippen LogP contribution in [0.3, 0.4) is 0 Å². The van der Waals surface area contributed by atoms with Gasteiger partial charge in [-0.25, -0.2) is 17.6 Å². The monoisotopic (exact) mass is 556 g/mol. The molecule has 1 aliphatic heterocycles. The first-order chi connectivity index (χ1) is 18.6. The van der Waals surface area contributed by atoms with Gasteiger partial charge in [0.1, 0.15) is 11.6 Å². The minimum atomic E-state index is -3.71. The standard InChI is InChI=1S/C30H34F6O3/c1-17-2-4-18(5-3-17)21-15-37-29(38-16-21)20-8-11-24(25(31)12-20)19-6-9-22(10-7-19)30(35,36)39-23-13-26(32)28(34)27(33)14-23/h8,11-14,17-19,21-22,29H,2-7,9-10,15-16H2,1H3. The Hall–Kier alpha value is -2.26. The van der Waals surface area contributed by atoms with Crippen molar-refractivity contribution < 1.29 is 40.6 Å². The van der Waals surface area contributed by atoms with Crippen molar-refractivity contribution in [3.8, 4) is 5.75 Å². The van der Waals surface area contributed by atoms with Crippen LogP contribution in [0.5, 0.6) is 5.75 Å². The van der Waals surface area contributed by atoms with Gasteiger partial charge in [0.05, 0.1) is 19.1 Å². The third kappa shape index (κ3) is 6.40. The Morgan fingerprint density at radius 3 is 1.95 bits per heavy atom. The molecule has 214 valence electrons. The maximum Gasteiger partial charge on any atom is 0.400 e. The predicted octanol–water partition coefficient (Wildman–Crippen LogP) is 8.68. The van der Waals surface area contributed by atoms with Crippen molar-refractivity contribution in [3.63, 3.8) is 0 Å². The highest BCUT2D eigenvalue weighted by molar-refractivity contribution is 5.29. The third-order valence-corrected chi connectivity index (χ3v) is 8.80. The smallest absolute Gasteiger partial charge is 0.400 e. The molecule has 2 aromatic carbocycles. The number of benzene rings is 2. The zero-order valence-electron chi connectivity index (χ0n) is 21.9. The van der Waals surface area contributed by atoms with Gasteiger partial charge in [-0.05, 0) is 67.9 Å². The lowest BCUT2D eigenvalue weighted by atomic mass is 9.76. The van der Waals surface area contributed by atoms with E-state index in [1.54, 1.807) is 12.1 Å². The van der Waals surface area contributed by atoms with Crippen LogP contribution in [0.2, 0.25) is 0 Å². The molecule has 2 aromatic rings. The van der Waals surface area contributed by atoms with Gasteiger partial charge >= 0.3 is 6.11 Å². The summed E-state index contributed by atoms with van der Waals surface area (Å²) in [5, 5.41) is 0. The minimum absolute atomic E-state index is 0.0290. The lowest BCUT2D eigenvalue weighted by molar-refractivity contribution is -0.222. The Balaban J connectivity index is 1.14. The first-order valence-electron chi connectivity index (χ1n) is 13.8. The molecule has 2 saturated carbocycles. The van der Waals surface area contributed by atoms with Crippen LogP contribution in [0.1, 0.15) is 81.6 Å². The van der Waals surface area contributed by atoms with Crippen molar-refractivity contribution in [3.05, 3.63) is 64.7 Å². The fourth-order valence-corrected chi connectivity index (χ4v) is 6.33. The third-order valence-electron chi connectivity index (χ3n) is 8.80. The van der Waals surface area contributed by atoms with E-state index in [1.807, 2.05) is 0 Å². The van der Waals surface area contributed by atoms with Crippen molar-refractivity contribution in [2.75, 3.05) is 13.2 Å². The van der Waals surface area contributed by atoms with Crippen LogP contribution in [0.15, 0.2) is 30.3 Å². The van der Waals surface area contributed by atoms with E-state index >= 15 is 4.39 Å². The molecule has 5 rings (SSSR count). The molecule has 39 heavy (non-hydrogen) atoms. The molecule has 9 heteroatoms. The first kappa shape index (κ1) is 28.3. The Morgan fingerprint density at radius 1 is 0.744 bits per heavy atom. The summed E-state index contributed by atoms with van der Waals surface area (Å²) in [5.41, 5.74) is 1.05. The SMILES string of the molecule is CC1CCC(C2COC(c3ccc(C4CCC(C(F)(F)Oc5cc(F)c(F)c(F)c5)CC4)c(F)c3)OC2)CC1. The maximum absolute atomic E-state index is 15.1. The molecule has 0 unspecified atom stereocenters. The summed E-state index contributed by atoms with van der Waals surface area (Å²) < 4.78 is 101. The normalized spacial score (nSPS) is 30.2. The summed E-state index contributed by atoms with van der Waals surface area (Å²) in [6, 6.07) is 5.64. The molecule has 3 nitrogen and oxygen atoms in total. The van der Waals surface area contributed by atoms with E-state index in [9.17, 15) is 22.0 Å². The van der Waals surface area contributed by atoms with Gasteiger partial charge in [-0.2, -0.15) is 8.78 Å². The van der Waals surface area contributed by atoms with Crippen LogP contribution in [0.4, 0.5) is 26.3 Å². The molecule has 3 fully saturated rings. The fraction of sp³-hybridized carbons (Fsp3) is 0.600. The highest BCUT2D eigenvalue weighted by Crippen LogP contribution is 2.44. The molecule has 0 amide bonds. The van der Waals surface area contributed by atoms with Gasteiger partial charge in [-0.3, -0.25) is 0 Å². The van der Waals surface area contributed by atoms with E-state index in [4.69, 9.17) is 9.47 Å². The average molecular weight is 557 g/mol. The molecular formula is C30H34F6O3. The number of alkyl halides is 2. The lowest BCUT2D eigenvalue weighted by Crippen LogP contribution is -2.37. The van der Waals surface area contributed by atoms with Crippen LogP contribution in [0.25, 0.3) is 0 Å². The molecule has 0 spiro atoms. The van der Waals surface area contributed by atoms with E-state index in [0.29, 0.717) is 61.2 Å². The molecule has 3 aliphatic rings. The van der Waals surface area contributed by atoms with Gasteiger partial charge in [0.25, 0.3) is 0 Å². The zero-order valence-corrected chi connectivity index (χ0v) is 21.9. The Labute approximate surface area is 224 Å². The molecular weight excluding hydrogens is 522 g/mol. The first-order valence-corrected chi connectivity index (χ1v) is 13.8. The number of ether oxygens (including phenoxy) is 3. The van der Waals surface area contributed by atoms with Gasteiger partial charge in [0.2, 0.25) is 0 Å². The highest BCUT2D eigenvalue weighted by atomic mass is 19.3. The number of rotatable bonds is 6. The minimum Gasteiger partial charge on any atom is -0.432 e. The molecule has 1 saturated heterocycles. The van der Waals surface area contributed by atoms with Gasteiger partial charge in [0, 0.05) is 23.6 Å². The second kappa shape index (κ2) is 11.7. The summed E-state index contributed by atoms with van der Waals surface area (Å²) in [6.07, 6.45) is 1.16. The van der Waals surface area contributed by atoms with Crippen molar-refractivity contribution >= 4 is 0 Å². The topological polar surface area (TPSA) is 27.7 Å².